The Bertz CT molecular complexity index is 1090. The van der Waals surface area contributed by atoms with Crippen LogP contribution in [0.1, 0.15) is 26.9 Å². The molecule has 3 aromatic carbocycles. The molecule has 0 spiro atoms. The molecule has 0 saturated carbocycles. The zero-order valence-electron chi connectivity index (χ0n) is 16.6. The third kappa shape index (κ3) is 5.06. The third-order valence-corrected chi connectivity index (χ3v) is 7.19. The van der Waals surface area contributed by atoms with Crippen LogP contribution in [-0.2, 0) is 11.2 Å². The number of benzene rings is 3. The first kappa shape index (κ1) is 21.8. The predicted octanol–water partition coefficient (Wildman–Crippen LogP) is 6.06. The van der Waals surface area contributed by atoms with Gasteiger partial charge in [-0.3, -0.25) is 9.59 Å². The third-order valence-electron chi connectivity index (χ3n) is 5.11. The van der Waals surface area contributed by atoms with Crippen LogP contribution in [0.3, 0.4) is 0 Å². The van der Waals surface area contributed by atoms with Crippen molar-refractivity contribution >= 4 is 52.5 Å². The maximum absolute atomic E-state index is 12.6. The van der Waals surface area contributed by atoms with E-state index in [0.717, 1.165) is 12.0 Å². The molecule has 0 unspecified atom stereocenters. The summed E-state index contributed by atoms with van der Waals surface area (Å²) in [7, 11) is 0. The fourth-order valence-corrected chi connectivity index (χ4v) is 5.03. The molecule has 1 aliphatic heterocycles. The Balaban J connectivity index is 1.44. The van der Waals surface area contributed by atoms with Crippen molar-refractivity contribution in [3.63, 3.8) is 0 Å². The summed E-state index contributed by atoms with van der Waals surface area (Å²) in [5, 5.41) is 3.43. The molecule has 4 nitrogen and oxygen atoms in total. The summed E-state index contributed by atoms with van der Waals surface area (Å²) in [5.74, 6) is 0.338. The topological polar surface area (TPSA) is 49.4 Å². The van der Waals surface area contributed by atoms with E-state index in [2.05, 4.69) is 17.4 Å². The minimum atomic E-state index is -0.271. The highest BCUT2D eigenvalue weighted by Crippen LogP contribution is 2.38. The molecule has 1 fully saturated rings. The number of thioether (sulfide) groups is 1. The molecule has 3 aromatic rings. The predicted molar refractivity (Wildman–Crippen MR) is 128 cm³/mol. The molecule has 1 N–H and O–H groups in total. The van der Waals surface area contributed by atoms with Crippen molar-refractivity contribution in [1.82, 2.24) is 4.90 Å². The van der Waals surface area contributed by atoms with Crippen molar-refractivity contribution < 1.29 is 9.59 Å². The zero-order valence-corrected chi connectivity index (χ0v) is 18.9. The highest BCUT2D eigenvalue weighted by molar-refractivity contribution is 8.00. The van der Waals surface area contributed by atoms with Crippen LogP contribution in [0.2, 0.25) is 10.0 Å². The second-order valence-corrected chi connectivity index (χ2v) is 9.02. The summed E-state index contributed by atoms with van der Waals surface area (Å²) in [4.78, 5) is 27.0. The largest absolute Gasteiger partial charge is 0.326 e. The first-order valence-electron chi connectivity index (χ1n) is 9.83. The molecular weight excluding hydrogens is 451 g/mol. The SMILES string of the molecule is O=C(Nc1cccc(Cl)c1Cl)c1ccc([C@H]2SCC(=O)N2CCc2ccccc2)cc1. The van der Waals surface area contributed by atoms with E-state index in [0.29, 0.717) is 33.6 Å². The van der Waals surface area contributed by atoms with Gasteiger partial charge < -0.3 is 10.2 Å². The van der Waals surface area contributed by atoms with Crippen LogP contribution in [0.25, 0.3) is 0 Å². The molecule has 158 valence electrons. The molecule has 0 aromatic heterocycles. The number of nitrogens with one attached hydrogen (secondary N) is 1. The van der Waals surface area contributed by atoms with Gasteiger partial charge in [-0.15, -0.1) is 11.8 Å². The number of nitrogens with zero attached hydrogens (tertiary/aromatic N) is 1. The molecule has 1 heterocycles. The van der Waals surface area contributed by atoms with Gasteiger partial charge in [0.2, 0.25) is 5.91 Å². The van der Waals surface area contributed by atoms with Gasteiger partial charge in [0.15, 0.2) is 0 Å². The summed E-state index contributed by atoms with van der Waals surface area (Å²) >= 11 is 13.8. The summed E-state index contributed by atoms with van der Waals surface area (Å²) in [5.41, 5.74) is 3.18. The van der Waals surface area contributed by atoms with Crippen LogP contribution in [0.4, 0.5) is 5.69 Å². The first-order valence-corrected chi connectivity index (χ1v) is 11.6. The Morgan fingerprint density at radius 2 is 1.74 bits per heavy atom. The molecule has 4 rings (SSSR count). The Kier molecular flexibility index (Phi) is 6.86. The maximum Gasteiger partial charge on any atom is 0.255 e. The summed E-state index contributed by atoms with van der Waals surface area (Å²) < 4.78 is 0. The minimum Gasteiger partial charge on any atom is -0.326 e. The lowest BCUT2D eigenvalue weighted by Crippen LogP contribution is -2.30. The average molecular weight is 471 g/mol. The Hall–Kier alpha value is -2.47. The van der Waals surface area contributed by atoms with Crippen molar-refractivity contribution in [2.24, 2.45) is 0 Å². The molecule has 0 radical (unpaired) electrons. The molecule has 31 heavy (non-hydrogen) atoms. The number of amides is 2. The molecule has 1 aliphatic rings. The molecule has 0 aliphatic carbocycles. The van der Waals surface area contributed by atoms with Crippen LogP contribution >= 0.6 is 35.0 Å². The van der Waals surface area contributed by atoms with Crippen LogP contribution in [0.15, 0.2) is 72.8 Å². The van der Waals surface area contributed by atoms with Crippen LogP contribution in [-0.4, -0.2) is 29.0 Å². The molecule has 1 saturated heterocycles. The van der Waals surface area contributed by atoms with E-state index in [-0.39, 0.29) is 17.2 Å². The van der Waals surface area contributed by atoms with Gasteiger partial charge in [0.1, 0.15) is 5.37 Å². The Labute approximate surface area is 195 Å². The maximum atomic E-state index is 12.6. The van der Waals surface area contributed by atoms with Gasteiger partial charge in [-0.2, -0.15) is 0 Å². The second-order valence-electron chi connectivity index (χ2n) is 7.16. The number of rotatable bonds is 6. The molecule has 1 atom stereocenters. The number of carbonyl (C=O) groups is 2. The van der Waals surface area contributed by atoms with Gasteiger partial charge in [0, 0.05) is 12.1 Å². The van der Waals surface area contributed by atoms with Gasteiger partial charge in [-0.1, -0.05) is 71.7 Å². The molecule has 0 bridgehead atoms. The fraction of sp³-hybridized carbons (Fsp3) is 0.167. The van der Waals surface area contributed by atoms with Gasteiger partial charge in [0.05, 0.1) is 21.5 Å². The van der Waals surface area contributed by atoms with E-state index < -0.39 is 0 Å². The first-order chi connectivity index (χ1) is 15.0. The van der Waals surface area contributed by atoms with Crippen LogP contribution < -0.4 is 5.32 Å². The van der Waals surface area contributed by atoms with Crippen molar-refractivity contribution in [1.29, 1.82) is 0 Å². The zero-order chi connectivity index (χ0) is 21.8. The fourth-order valence-electron chi connectivity index (χ4n) is 3.46. The van der Waals surface area contributed by atoms with E-state index >= 15 is 0 Å². The normalized spacial score (nSPS) is 15.9. The lowest BCUT2D eigenvalue weighted by molar-refractivity contribution is -0.128. The average Bonchev–Trinajstić information content (AvgIpc) is 3.16. The van der Waals surface area contributed by atoms with Crippen LogP contribution in [0.5, 0.6) is 0 Å². The number of hydrogen-bond acceptors (Lipinski definition) is 3. The van der Waals surface area contributed by atoms with E-state index in [4.69, 9.17) is 23.2 Å². The molecular formula is C24H20Cl2N2O2S. The van der Waals surface area contributed by atoms with Crippen molar-refractivity contribution in [2.75, 3.05) is 17.6 Å². The second kappa shape index (κ2) is 9.77. The van der Waals surface area contributed by atoms with Crippen molar-refractivity contribution in [3.8, 4) is 0 Å². The van der Waals surface area contributed by atoms with Crippen LogP contribution in [0, 0.1) is 0 Å². The van der Waals surface area contributed by atoms with E-state index in [9.17, 15) is 9.59 Å². The number of carbonyl (C=O) groups excluding carboxylic acids is 2. The standard InChI is InChI=1S/C24H20Cl2N2O2S/c25-19-7-4-8-20(22(19)26)27-23(30)17-9-11-18(12-10-17)24-28(21(29)15-31-24)14-13-16-5-2-1-3-6-16/h1-12,24H,13-15H2,(H,27,30)/t24-/m1/s1. The highest BCUT2D eigenvalue weighted by Gasteiger charge is 2.32. The summed E-state index contributed by atoms with van der Waals surface area (Å²) in [6.07, 6.45) is 0.810. The lowest BCUT2D eigenvalue weighted by Gasteiger charge is -2.24. The van der Waals surface area contributed by atoms with Gasteiger partial charge in [-0.25, -0.2) is 0 Å². The summed E-state index contributed by atoms with van der Waals surface area (Å²) in [6.45, 7) is 0.663. The van der Waals surface area contributed by atoms with Crippen molar-refractivity contribution in [2.45, 2.75) is 11.8 Å². The molecule has 7 heteroatoms. The highest BCUT2D eigenvalue weighted by atomic mass is 35.5. The number of hydrogen-bond donors (Lipinski definition) is 1. The van der Waals surface area contributed by atoms with E-state index in [1.54, 1.807) is 42.1 Å². The van der Waals surface area contributed by atoms with E-state index in [1.165, 1.54) is 5.56 Å². The van der Waals surface area contributed by atoms with Crippen molar-refractivity contribution in [3.05, 3.63) is 99.5 Å². The molecule has 2 amide bonds. The van der Waals surface area contributed by atoms with Gasteiger partial charge >= 0.3 is 0 Å². The lowest BCUT2D eigenvalue weighted by atomic mass is 10.1. The Morgan fingerprint density at radius 3 is 2.48 bits per heavy atom. The summed E-state index contributed by atoms with van der Waals surface area (Å²) in [6, 6.07) is 22.6. The monoisotopic (exact) mass is 470 g/mol. The van der Waals surface area contributed by atoms with Gasteiger partial charge in [0.25, 0.3) is 5.91 Å². The quantitative estimate of drug-likeness (QED) is 0.475. The smallest absolute Gasteiger partial charge is 0.255 e. The number of anilines is 1. The van der Waals surface area contributed by atoms with E-state index in [1.807, 2.05) is 35.2 Å². The Morgan fingerprint density at radius 1 is 1.00 bits per heavy atom. The van der Waals surface area contributed by atoms with Gasteiger partial charge in [-0.05, 0) is 41.8 Å². The minimum absolute atomic E-state index is 0.0457. The number of halogens is 2.